The maximum atomic E-state index is 6.41. The normalized spacial score (nSPS) is 10.8. The van der Waals surface area contributed by atoms with Crippen LogP contribution in [0.15, 0.2) is 91.0 Å². The molecule has 3 aromatic carbocycles. The van der Waals surface area contributed by atoms with Gasteiger partial charge in [-0.1, -0.05) is 97.9 Å². The largest absolute Gasteiger partial charge is 0.484 e. The minimum absolute atomic E-state index is 0.512. The second kappa shape index (κ2) is 8.57. The first-order valence-electron chi connectivity index (χ1n) is 9.75. The zero-order chi connectivity index (χ0) is 19.2. The number of rotatable bonds is 7. The van der Waals surface area contributed by atoms with Gasteiger partial charge in [0, 0.05) is 17.7 Å². The van der Waals surface area contributed by atoms with E-state index in [0.29, 0.717) is 6.61 Å². The Kier molecular flexibility index (Phi) is 5.53. The highest BCUT2D eigenvalue weighted by atomic mass is 16.5. The van der Waals surface area contributed by atoms with Gasteiger partial charge in [-0.25, -0.2) is 0 Å². The van der Waals surface area contributed by atoms with Crippen LogP contribution >= 0.6 is 0 Å². The molecule has 4 rings (SSSR count). The van der Waals surface area contributed by atoms with Crippen LogP contribution < -0.4 is 4.74 Å². The van der Waals surface area contributed by atoms with E-state index in [1.54, 1.807) is 0 Å². The molecule has 0 aliphatic carbocycles. The molecule has 0 unspecified atom stereocenters. The molecule has 3 heteroatoms. The van der Waals surface area contributed by atoms with E-state index in [1.807, 2.05) is 42.5 Å². The van der Waals surface area contributed by atoms with Crippen molar-refractivity contribution in [2.24, 2.45) is 0 Å². The van der Waals surface area contributed by atoms with Gasteiger partial charge >= 0.3 is 0 Å². The molecule has 0 N–H and O–H groups in total. The SMILES string of the molecule is CCCn1nc(-c2ccccc2)c(OCc2ccccc2)c1-c1ccccc1. The third kappa shape index (κ3) is 3.84. The molecule has 1 aromatic heterocycles. The molecular formula is C25H24N2O. The van der Waals surface area contributed by atoms with Gasteiger partial charge in [0.1, 0.15) is 18.0 Å². The van der Waals surface area contributed by atoms with Crippen molar-refractivity contribution in [1.29, 1.82) is 0 Å². The molecule has 0 fully saturated rings. The van der Waals surface area contributed by atoms with Crippen LogP contribution in [0.2, 0.25) is 0 Å². The van der Waals surface area contributed by atoms with E-state index in [-0.39, 0.29) is 0 Å². The molecule has 4 aromatic rings. The fraction of sp³-hybridized carbons (Fsp3) is 0.160. The predicted octanol–water partition coefficient (Wildman–Crippen LogP) is 6.21. The lowest BCUT2D eigenvalue weighted by molar-refractivity contribution is 0.308. The highest BCUT2D eigenvalue weighted by molar-refractivity contribution is 5.78. The summed E-state index contributed by atoms with van der Waals surface area (Å²) in [4.78, 5) is 0. The number of aryl methyl sites for hydroxylation is 1. The summed E-state index contributed by atoms with van der Waals surface area (Å²) in [6.45, 7) is 3.53. The third-order valence-corrected chi connectivity index (χ3v) is 4.66. The smallest absolute Gasteiger partial charge is 0.173 e. The Labute approximate surface area is 166 Å². The van der Waals surface area contributed by atoms with E-state index in [2.05, 4.69) is 60.1 Å². The van der Waals surface area contributed by atoms with Crippen molar-refractivity contribution in [1.82, 2.24) is 9.78 Å². The van der Waals surface area contributed by atoms with Gasteiger partial charge in [-0.3, -0.25) is 4.68 Å². The van der Waals surface area contributed by atoms with Gasteiger partial charge in [-0.15, -0.1) is 0 Å². The minimum Gasteiger partial charge on any atom is -0.484 e. The van der Waals surface area contributed by atoms with Crippen LogP contribution in [0.4, 0.5) is 0 Å². The maximum Gasteiger partial charge on any atom is 0.173 e. The Morgan fingerprint density at radius 1 is 0.750 bits per heavy atom. The van der Waals surface area contributed by atoms with Gasteiger partial charge in [-0.2, -0.15) is 5.10 Å². The lowest BCUT2D eigenvalue weighted by Crippen LogP contribution is -2.02. The van der Waals surface area contributed by atoms with E-state index < -0.39 is 0 Å². The fourth-order valence-electron chi connectivity index (χ4n) is 3.35. The predicted molar refractivity (Wildman–Crippen MR) is 114 cm³/mol. The van der Waals surface area contributed by atoms with E-state index >= 15 is 0 Å². The standard InChI is InChI=1S/C25H24N2O/c1-2-18-27-24(22-16-10-5-11-17-22)25(28-19-20-12-6-3-7-13-20)23(26-27)21-14-8-4-9-15-21/h3-17H,2,18-19H2,1H3. The average molecular weight is 368 g/mol. The molecule has 0 atom stereocenters. The molecular weight excluding hydrogens is 344 g/mol. The van der Waals surface area contributed by atoms with Crippen LogP contribution in [0, 0.1) is 0 Å². The number of hydrogen-bond donors (Lipinski definition) is 0. The highest BCUT2D eigenvalue weighted by Gasteiger charge is 2.22. The summed E-state index contributed by atoms with van der Waals surface area (Å²) in [6, 6.07) is 30.9. The lowest BCUT2D eigenvalue weighted by Gasteiger charge is -2.11. The number of benzene rings is 3. The molecule has 3 nitrogen and oxygen atoms in total. The third-order valence-electron chi connectivity index (χ3n) is 4.66. The Morgan fingerprint density at radius 3 is 1.93 bits per heavy atom. The van der Waals surface area contributed by atoms with Crippen LogP contribution in [0.1, 0.15) is 18.9 Å². The summed E-state index contributed by atoms with van der Waals surface area (Å²) in [7, 11) is 0. The quantitative estimate of drug-likeness (QED) is 0.388. The Hall–Kier alpha value is -3.33. The zero-order valence-corrected chi connectivity index (χ0v) is 16.1. The van der Waals surface area contributed by atoms with Crippen LogP contribution in [-0.2, 0) is 13.2 Å². The summed E-state index contributed by atoms with van der Waals surface area (Å²) in [5.41, 5.74) is 5.26. The van der Waals surface area contributed by atoms with E-state index in [1.165, 1.54) is 0 Å². The Balaban J connectivity index is 1.83. The van der Waals surface area contributed by atoms with Gasteiger partial charge in [0.2, 0.25) is 0 Å². The van der Waals surface area contributed by atoms with Crippen molar-refractivity contribution in [3.8, 4) is 28.3 Å². The van der Waals surface area contributed by atoms with Crippen LogP contribution in [0.3, 0.4) is 0 Å². The molecule has 0 saturated carbocycles. The van der Waals surface area contributed by atoms with Crippen molar-refractivity contribution in [3.63, 3.8) is 0 Å². The number of nitrogens with zero attached hydrogens (tertiary/aromatic N) is 2. The van der Waals surface area contributed by atoms with Crippen molar-refractivity contribution in [3.05, 3.63) is 96.6 Å². The van der Waals surface area contributed by atoms with Gasteiger partial charge < -0.3 is 4.74 Å². The van der Waals surface area contributed by atoms with Gasteiger partial charge in [-0.05, 0) is 12.0 Å². The summed E-state index contributed by atoms with van der Waals surface area (Å²) < 4.78 is 8.49. The summed E-state index contributed by atoms with van der Waals surface area (Å²) in [6.07, 6.45) is 1.01. The molecule has 0 amide bonds. The van der Waals surface area contributed by atoms with E-state index in [9.17, 15) is 0 Å². The van der Waals surface area contributed by atoms with Crippen LogP contribution in [0.25, 0.3) is 22.5 Å². The Morgan fingerprint density at radius 2 is 1.32 bits per heavy atom. The topological polar surface area (TPSA) is 27.1 Å². The fourth-order valence-corrected chi connectivity index (χ4v) is 3.35. The molecule has 140 valence electrons. The molecule has 0 saturated heterocycles. The van der Waals surface area contributed by atoms with Gasteiger partial charge in [0.25, 0.3) is 0 Å². The second-order valence-electron chi connectivity index (χ2n) is 6.76. The monoisotopic (exact) mass is 368 g/mol. The molecule has 28 heavy (non-hydrogen) atoms. The number of hydrogen-bond acceptors (Lipinski definition) is 2. The Bertz CT molecular complexity index is 1010. The zero-order valence-electron chi connectivity index (χ0n) is 16.1. The first-order valence-corrected chi connectivity index (χ1v) is 9.75. The summed E-state index contributed by atoms with van der Waals surface area (Å²) in [5.74, 6) is 0.842. The molecule has 0 aliphatic heterocycles. The van der Waals surface area contributed by atoms with E-state index in [0.717, 1.165) is 46.8 Å². The summed E-state index contributed by atoms with van der Waals surface area (Å²) >= 11 is 0. The first-order chi connectivity index (χ1) is 13.9. The molecule has 0 radical (unpaired) electrons. The van der Waals surface area contributed by atoms with Crippen molar-refractivity contribution < 1.29 is 4.74 Å². The molecule has 0 bridgehead atoms. The van der Waals surface area contributed by atoms with Gasteiger partial charge in [0.15, 0.2) is 5.75 Å². The lowest BCUT2D eigenvalue weighted by atomic mass is 10.1. The first kappa shape index (κ1) is 18.1. The van der Waals surface area contributed by atoms with Crippen LogP contribution in [-0.4, -0.2) is 9.78 Å². The molecule has 1 heterocycles. The second-order valence-corrected chi connectivity index (χ2v) is 6.76. The maximum absolute atomic E-state index is 6.41. The molecule has 0 spiro atoms. The highest BCUT2D eigenvalue weighted by Crippen LogP contribution is 2.39. The van der Waals surface area contributed by atoms with Crippen molar-refractivity contribution in [2.45, 2.75) is 26.5 Å². The van der Waals surface area contributed by atoms with Crippen LogP contribution in [0.5, 0.6) is 5.75 Å². The number of aromatic nitrogens is 2. The summed E-state index contributed by atoms with van der Waals surface area (Å²) in [5, 5.41) is 4.95. The molecule has 0 aliphatic rings. The minimum atomic E-state index is 0.512. The van der Waals surface area contributed by atoms with Gasteiger partial charge in [0.05, 0.1) is 0 Å². The van der Waals surface area contributed by atoms with Crippen molar-refractivity contribution >= 4 is 0 Å². The number of ether oxygens (including phenoxy) is 1. The van der Waals surface area contributed by atoms with Crippen molar-refractivity contribution in [2.75, 3.05) is 0 Å². The van der Waals surface area contributed by atoms with E-state index in [4.69, 9.17) is 9.84 Å². The average Bonchev–Trinajstić information content (AvgIpc) is 3.12.